The van der Waals surface area contributed by atoms with Gasteiger partial charge in [0.1, 0.15) is 10.8 Å². The maximum absolute atomic E-state index is 5.80. The number of aromatic nitrogens is 2. The van der Waals surface area contributed by atoms with Gasteiger partial charge in [0.25, 0.3) is 0 Å². The van der Waals surface area contributed by atoms with E-state index in [1.807, 2.05) is 10.7 Å². The van der Waals surface area contributed by atoms with Gasteiger partial charge < -0.3 is 5.73 Å². The second-order valence-corrected chi connectivity index (χ2v) is 4.41. The van der Waals surface area contributed by atoms with Gasteiger partial charge in [-0.1, -0.05) is 6.92 Å². The van der Waals surface area contributed by atoms with E-state index in [2.05, 4.69) is 25.9 Å². The molecule has 74 valence electrons. The van der Waals surface area contributed by atoms with Gasteiger partial charge in [-0.15, -0.1) is 11.8 Å². The zero-order chi connectivity index (χ0) is 9.84. The first-order valence-corrected chi connectivity index (χ1v) is 5.61. The minimum atomic E-state index is 0.343. The van der Waals surface area contributed by atoms with Gasteiger partial charge in [-0.05, 0) is 26.0 Å². The van der Waals surface area contributed by atoms with Crippen molar-refractivity contribution in [2.24, 2.45) is 0 Å². The molecule has 0 bridgehead atoms. The summed E-state index contributed by atoms with van der Waals surface area (Å²) in [5.41, 5.74) is 5.80. The predicted molar refractivity (Wildman–Crippen MR) is 58.0 cm³/mol. The number of hydrogen-bond donors (Lipinski definition) is 1. The molecule has 2 N–H and O–H groups in total. The molecule has 1 aromatic rings. The van der Waals surface area contributed by atoms with Gasteiger partial charge in [0, 0.05) is 12.1 Å². The molecule has 0 amide bonds. The predicted octanol–water partition coefficient (Wildman–Crippen LogP) is 2.55. The van der Waals surface area contributed by atoms with E-state index in [-0.39, 0.29) is 0 Å². The van der Waals surface area contributed by atoms with Gasteiger partial charge in [-0.25, -0.2) is 4.68 Å². The summed E-state index contributed by atoms with van der Waals surface area (Å²) in [6, 6.07) is 2.29. The molecule has 4 heteroatoms. The monoisotopic (exact) mass is 199 g/mol. The number of hydrogen-bond acceptors (Lipinski definition) is 3. The van der Waals surface area contributed by atoms with Gasteiger partial charge in [0.15, 0.2) is 0 Å². The van der Waals surface area contributed by atoms with Crippen molar-refractivity contribution in [3.8, 4) is 0 Å². The Morgan fingerprint density at radius 2 is 2.31 bits per heavy atom. The number of nitrogens with zero attached hydrogens (tertiary/aromatic N) is 2. The fourth-order valence-electron chi connectivity index (χ4n) is 1.08. The van der Waals surface area contributed by atoms with Crippen LogP contribution < -0.4 is 5.73 Å². The first kappa shape index (κ1) is 10.4. The van der Waals surface area contributed by atoms with Crippen molar-refractivity contribution >= 4 is 17.6 Å². The molecule has 1 aromatic heterocycles. The van der Waals surface area contributed by atoms with E-state index in [1.165, 1.54) is 6.42 Å². The largest absolute Gasteiger partial charge is 0.384 e. The molecule has 0 fully saturated rings. The van der Waals surface area contributed by atoms with E-state index in [9.17, 15) is 0 Å². The molecular weight excluding hydrogens is 182 g/mol. The molecule has 1 rings (SSSR count). The third-order valence-corrected chi connectivity index (χ3v) is 2.79. The van der Waals surface area contributed by atoms with Crippen molar-refractivity contribution in [1.29, 1.82) is 0 Å². The number of thioether (sulfide) groups is 1. The highest BCUT2D eigenvalue weighted by atomic mass is 32.2. The van der Waals surface area contributed by atoms with Crippen LogP contribution in [0.3, 0.4) is 0 Å². The van der Waals surface area contributed by atoms with E-state index in [0.717, 1.165) is 16.6 Å². The molecule has 0 atom stereocenters. The van der Waals surface area contributed by atoms with Crippen LogP contribution in [0.15, 0.2) is 11.1 Å². The lowest BCUT2D eigenvalue weighted by molar-refractivity contribution is 0.529. The minimum absolute atomic E-state index is 0.343. The second-order valence-electron chi connectivity index (χ2n) is 3.29. The summed E-state index contributed by atoms with van der Waals surface area (Å²) in [5, 5.41) is 5.44. The lowest BCUT2D eigenvalue weighted by Gasteiger charge is -2.06. The molecule has 0 aliphatic rings. The average Bonchev–Trinajstić information content (AvgIpc) is 2.43. The van der Waals surface area contributed by atoms with E-state index < -0.39 is 0 Å². The summed E-state index contributed by atoms with van der Waals surface area (Å²) in [6.07, 6.45) is 1.17. The molecule has 0 aliphatic heterocycles. The third kappa shape index (κ3) is 2.66. The van der Waals surface area contributed by atoms with Crippen molar-refractivity contribution in [3.05, 3.63) is 6.07 Å². The first-order valence-electron chi connectivity index (χ1n) is 4.63. The standard InChI is InChI=1S/C9H17N3S/c1-4-5-13-9-6-8(10)12(11-9)7(2)3/h6-7H,4-5,10H2,1-3H3. The van der Waals surface area contributed by atoms with Crippen LogP contribution in [-0.4, -0.2) is 15.5 Å². The Morgan fingerprint density at radius 1 is 1.62 bits per heavy atom. The summed E-state index contributed by atoms with van der Waals surface area (Å²) in [5.74, 6) is 1.86. The van der Waals surface area contributed by atoms with E-state index in [1.54, 1.807) is 11.8 Å². The van der Waals surface area contributed by atoms with Crippen molar-refractivity contribution < 1.29 is 0 Å². The van der Waals surface area contributed by atoms with Crippen LogP contribution in [0.5, 0.6) is 0 Å². The SMILES string of the molecule is CCCSc1cc(N)n(C(C)C)n1. The lowest BCUT2D eigenvalue weighted by Crippen LogP contribution is -2.06. The van der Waals surface area contributed by atoms with Gasteiger partial charge in [-0.2, -0.15) is 5.10 Å². The molecule has 3 nitrogen and oxygen atoms in total. The zero-order valence-electron chi connectivity index (χ0n) is 8.45. The van der Waals surface area contributed by atoms with Gasteiger partial charge in [0.05, 0.1) is 0 Å². The normalized spacial score (nSPS) is 11.1. The fraction of sp³-hybridized carbons (Fsp3) is 0.667. The van der Waals surface area contributed by atoms with Crippen LogP contribution in [-0.2, 0) is 0 Å². The quantitative estimate of drug-likeness (QED) is 0.758. The zero-order valence-corrected chi connectivity index (χ0v) is 9.27. The van der Waals surface area contributed by atoms with Crippen LogP contribution in [0.1, 0.15) is 33.2 Å². The van der Waals surface area contributed by atoms with Crippen LogP contribution in [0.4, 0.5) is 5.82 Å². The lowest BCUT2D eigenvalue weighted by atomic mass is 10.4. The van der Waals surface area contributed by atoms with E-state index in [4.69, 9.17) is 5.73 Å². The number of nitrogen functional groups attached to an aromatic ring is 1. The molecule has 1 heterocycles. The van der Waals surface area contributed by atoms with Crippen LogP contribution in [0, 0.1) is 0 Å². The molecule has 0 aromatic carbocycles. The van der Waals surface area contributed by atoms with Crippen molar-refractivity contribution in [3.63, 3.8) is 0 Å². The molecule has 0 saturated carbocycles. The Kier molecular flexibility index (Phi) is 3.66. The molecular formula is C9H17N3S. The summed E-state index contributed by atoms with van der Waals surface area (Å²) >= 11 is 1.76. The molecule has 0 saturated heterocycles. The highest BCUT2D eigenvalue weighted by Gasteiger charge is 2.07. The summed E-state index contributed by atoms with van der Waals surface area (Å²) in [4.78, 5) is 0. The van der Waals surface area contributed by atoms with Crippen LogP contribution in [0.2, 0.25) is 0 Å². The number of nitrogens with two attached hydrogens (primary N) is 1. The van der Waals surface area contributed by atoms with Crippen LogP contribution in [0.25, 0.3) is 0 Å². The number of anilines is 1. The Labute approximate surface area is 83.7 Å². The van der Waals surface area contributed by atoms with E-state index >= 15 is 0 Å². The third-order valence-electron chi connectivity index (χ3n) is 1.69. The Balaban J connectivity index is 2.71. The second kappa shape index (κ2) is 4.56. The minimum Gasteiger partial charge on any atom is -0.384 e. The maximum Gasteiger partial charge on any atom is 0.123 e. The average molecular weight is 199 g/mol. The molecule has 13 heavy (non-hydrogen) atoms. The van der Waals surface area contributed by atoms with Crippen molar-refractivity contribution in [2.45, 2.75) is 38.3 Å². The highest BCUT2D eigenvalue weighted by molar-refractivity contribution is 7.99. The molecule has 0 spiro atoms. The Bertz CT molecular complexity index is 268. The maximum atomic E-state index is 5.80. The first-order chi connectivity index (χ1) is 6.15. The Morgan fingerprint density at radius 3 is 2.77 bits per heavy atom. The number of rotatable bonds is 4. The topological polar surface area (TPSA) is 43.8 Å². The molecule has 0 aliphatic carbocycles. The van der Waals surface area contributed by atoms with Gasteiger partial charge >= 0.3 is 0 Å². The Hall–Kier alpha value is -0.640. The van der Waals surface area contributed by atoms with Crippen molar-refractivity contribution in [2.75, 3.05) is 11.5 Å². The smallest absolute Gasteiger partial charge is 0.123 e. The molecule has 0 radical (unpaired) electrons. The van der Waals surface area contributed by atoms with Gasteiger partial charge in [0.2, 0.25) is 0 Å². The summed E-state index contributed by atoms with van der Waals surface area (Å²) < 4.78 is 1.86. The summed E-state index contributed by atoms with van der Waals surface area (Å²) in [6.45, 7) is 6.32. The summed E-state index contributed by atoms with van der Waals surface area (Å²) in [7, 11) is 0. The fourth-order valence-corrected chi connectivity index (χ4v) is 1.84. The van der Waals surface area contributed by atoms with Gasteiger partial charge in [-0.3, -0.25) is 0 Å². The van der Waals surface area contributed by atoms with E-state index in [0.29, 0.717) is 6.04 Å². The van der Waals surface area contributed by atoms with Crippen molar-refractivity contribution in [1.82, 2.24) is 9.78 Å². The highest BCUT2D eigenvalue weighted by Crippen LogP contribution is 2.21. The van der Waals surface area contributed by atoms with Crippen LogP contribution >= 0.6 is 11.8 Å². The molecule has 0 unspecified atom stereocenters.